The minimum absolute atomic E-state index is 0. The van der Waals surface area contributed by atoms with Gasteiger partial charge in [0.15, 0.2) is 5.96 Å². The van der Waals surface area contributed by atoms with Crippen LogP contribution in [0.2, 0.25) is 0 Å². The van der Waals surface area contributed by atoms with Gasteiger partial charge in [0.05, 0.1) is 12.2 Å². The first-order chi connectivity index (χ1) is 14.8. The standard InChI is InChI=1S/C21H27N7S2.HI/c1-3-18-25-21(30-26-18)28-12-10-27(11-13-28)20(22-4-2)23-14-17-15-29-19(24-17)16-8-6-5-7-9-16;/h5-9,15H,3-4,10-14H2,1-2H3,(H,22,23);1H. The largest absolute Gasteiger partial charge is 0.357 e. The van der Waals surface area contributed by atoms with Crippen LogP contribution in [0.4, 0.5) is 5.13 Å². The van der Waals surface area contributed by atoms with Gasteiger partial charge >= 0.3 is 0 Å². The fraction of sp³-hybridized carbons (Fsp3) is 0.429. The van der Waals surface area contributed by atoms with E-state index in [0.717, 1.165) is 72.3 Å². The summed E-state index contributed by atoms with van der Waals surface area (Å²) in [6.45, 7) is 9.32. The van der Waals surface area contributed by atoms with Gasteiger partial charge in [0.2, 0.25) is 5.13 Å². The molecule has 0 saturated carbocycles. The van der Waals surface area contributed by atoms with E-state index in [0.29, 0.717) is 6.54 Å². The molecule has 1 aliphatic rings. The first kappa shape index (κ1) is 23.9. The molecule has 1 saturated heterocycles. The van der Waals surface area contributed by atoms with E-state index in [4.69, 9.17) is 9.98 Å². The van der Waals surface area contributed by atoms with E-state index in [1.807, 2.05) is 18.2 Å². The molecule has 2 aromatic heterocycles. The fourth-order valence-electron chi connectivity index (χ4n) is 3.30. The molecule has 1 aliphatic heterocycles. The van der Waals surface area contributed by atoms with Crippen LogP contribution in [0.3, 0.4) is 0 Å². The second kappa shape index (κ2) is 11.7. The third-order valence-corrected chi connectivity index (χ3v) is 6.68. The van der Waals surface area contributed by atoms with Crippen molar-refractivity contribution in [2.24, 2.45) is 4.99 Å². The Bertz CT molecular complexity index is 965. The normalized spacial score (nSPS) is 14.5. The first-order valence-corrected chi connectivity index (χ1v) is 12.0. The molecule has 1 N–H and O–H groups in total. The molecule has 0 bridgehead atoms. The second-order valence-electron chi connectivity index (χ2n) is 7.00. The number of aromatic nitrogens is 3. The first-order valence-electron chi connectivity index (χ1n) is 10.4. The molecule has 1 fully saturated rings. The number of guanidine groups is 1. The lowest BCUT2D eigenvalue weighted by molar-refractivity contribution is 0.372. The number of aryl methyl sites for hydroxylation is 1. The lowest BCUT2D eigenvalue weighted by atomic mass is 10.2. The van der Waals surface area contributed by atoms with Gasteiger partial charge in [-0.2, -0.15) is 4.37 Å². The van der Waals surface area contributed by atoms with Crippen molar-refractivity contribution >= 4 is 57.9 Å². The van der Waals surface area contributed by atoms with Gasteiger partial charge in [0.1, 0.15) is 10.8 Å². The molecule has 3 aromatic rings. The second-order valence-corrected chi connectivity index (χ2v) is 8.59. The van der Waals surface area contributed by atoms with Crippen LogP contribution >= 0.6 is 46.8 Å². The number of benzene rings is 1. The Morgan fingerprint density at radius 1 is 1.10 bits per heavy atom. The van der Waals surface area contributed by atoms with Gasteiger partial charge in [0, 0.05) is 61.6 Å². The van der Waals surface area contributed by atoms with Gasteiger partial charge in [0.25, 0.3) is 0 Å². The van der Waals surface area contributed by atoms with Crippen LogP contribution in [0.15, 0.2) is 40.7 Å². The molecule has 1 aromatic carbocycles. The number of halogens is 1. The molecule has 7 nitrogen and oxygen atoms in total. The van der Waals surface area contributed by atoms with Crippen molar-refractivity contribution in [3.8, 4) is 10.6 Å². The zero-order valence-electron chi connectivity index (χ0n) is 17.8. The zero-order chi connectivity index (χ0) is 20.8. The molecule has 0 atom stereocenters. The molecule has 3 heterocycles. The highest BCUT2D eigenvalue weighted by Crippen LogP contribution is 2.24. The average molecular weight is 570 g/mol. The lowest BCUT2D eigenvalue weighted by Crippen LogP contribution is -2.52. The lowest BCUT2D eigenvalue weighted by Gasteiger charge is -2.36. The van der Waals surface area contributed by atoms with E-state index in [1.54, 1.807) is 11.3 Å². The predicted molar refractivity (Wildman–Crippen MR) is 141 cm³/mol. The molecule has 10 heteroatoms. The predicted octanol–water partition coefficient (Wildman–Crippen LogP) is 4.13. The molecular formula is C21H28IN7S2. The highest BCUT2D eigenvalue weighted by Gasteiger charge is 2.22. The third kappa shape index (κ3) is 6.13. The molecule has 31 heavy (non-hydrogen) atoms. The van der Waals surface area contributed by atoms with Gasteiger partial charge in [-0.3, -0.25) is 0 Å². The van der Waals surface area contributed by atoms with Crippen molar-refractivity contribution in [1.29, 1.82) is 0 Å². The summed E-state index contributed by atoms with van der Waals surface area (Å²) in [4.78, 5) is 18.9. The van der Waals surface area contributed by atoms with Crippen molar-refractivity contribution in [1.82, 2.24) is 24.6 Å². The molecule has 0 radical (unpaired) electrons. The summed E-state index contributed by atoms with van der Waals surface area (Å²) in [5.74, 6) is 1.89. The number of anilines is 1. The van der Waals surface area contributed by atoms with Crippen molar-refractivity contribution in [3.63, 3.8) is 0 Å². The molecular weight excluding hydrogens is 541 g/mol. The number of thiazole rings is 1. The Kier molecular flexibility index (Phi) is 9.02. The number of rotatable bonds is 6. The summed E-state index contributed by atoms with van der Waals surface area (Å²) < 4.78 is 4.41. The summed E-state index contributed by atoms with van der Waals surface area (Å²) in [5.41, 5.74) is 2.16. The maximum Gasteiger partial charge on any atom is 0.205 e. The smallest absolute Gasteiger partial charge is 0.205 e. The Balaban J connectivity index is 0.00000272. The van der Waals surface area contributed by atoms with E-state index >= 15 is 0 Å². The molecule has 0 aliphatic carbocycles. The van der Waals surface area contributed by atoms with Crippen LogP contribution < -0.4 is 10.2 Å². The number of nitrogens with zero attached hydrogens (tertiary/aromatic N) is 6. The average Bonchev–Trinajstić information content (AvgIpc) is 3.47. The number of hydrogen-bond acceptors (Lipinski definition) is 7. The van der Waals surface area contributed by atoms with Crippen molar-refractivity contribution in [3.05, 3.63) is 47.2 Å². The highest BCUT2D eigenvalue weighted by molar-refractivity contribution is 14.0. The van der Waals surface area contributed by atoms with Gasteiger partial charge < -0.3 is 15.1 Å². The van der Waals surface area contributed by atoms with Gasteiger partial charge in [-0.25, -0.2) is 15.0 Å². The summed E-state index contributed by atoms with van der Waals surface area (Å²) in [6.07, 6.45) is 0.885. The van der Waals surface area contributed by atoms with E-state index in [-0.39, 0.29) is 24.0 Å². The SMILES string of the molecule is CCNC(=NCc1csc(-c2ccccc2)n1)N1CCN(c2nc(CC)ns2)CC1.I. The van der Waals surface area contributed by atoms with E-state index in [2.05, 4.69) is 55.8 Å². The number of piperazine rings is 1. The third-order valence-electron chi connectivity index (χ3n) is 4.92. The highest BCUT2D eigenvalue weighted by atomic mass is 127. The fourth-order valence-corrected chi connectivity index (χ4v) is 4.92. The molecule has 166 valence electrons. The number of hydrogen-bond donors (Lipinski definition) is 1. The number of nitrogens with one attached hydrogen (secondary N) is 1. The summed E-state index contributed by atoms with van der Waals surface area (Å²) in [6, 6.07) is 10.3. The van der Waals surface area contributed by atoms with E-state index in [9.17, 15) is 0 Å². The molecule has 0 spiro atoms. The van der Waals surface area contributed by atoms with Crippen LogP contribution in [0.5, 0.6) is 0 Å². The summed E-state index contributed by atoms with van der Waals surface area (Å²) in [5, 5.41) is 7.62. The van der Waals surface area contributed by atoms with Gasteiger partial charge in [-0.05, 0) is 6.92 Å². The maximum atomic E-state index is 4.86. The minimum Gasteiger partial charge on any atom is -0.357 e. The summed E-state index contributed by atoms with van der Waals surface area (Å²) >= 11 is 3.17. The topological polar surface area (TPSA) is 69.5 Å². The molecule has 0 amide bonds. The van der Waals surface area contributed by atoms with Crippen LogP contribution in [0.25, 0.3) is 10.6 Å². The Labute approximate surface area is 208 Å². The Morgan fingerprint density at radius 2 is 1.87 bits per heavy atom. The molecule has 4 rings (SSSR count). The van der Waals surface area contributed by atoms with Crippen LogP contribution in [0, 0.1) is 0 Å². The van der Waals surface area contributed by atoms with Crippen molar-refractivity contribution < 1.29 is 0 Å². The molecule has 0 unspecified atom stereocenters. The zero-order valence-corrected chi connectivity index (χ0v) is 21.8. The van der Waals surface area contributed by atoms with Crippen LogP contribution in [0.1, 0.15) is 25.4 Å². The van der Waals surface area contributed by atoms with Crippen LogP contribution in [-0.2, 0) is 13.0 Å². The van der Waals surface area contributed by atoms with E-state index in [1.165, 1.54) is 11.5 Å². The van der Waals surface area contributed by atoms with E-state index < -0.39 is 0 Å². The van der Waals surface area contributed by atoms with Crippen LogP contribution in [-0.4, -0.2) is 57.9 Å². The number of aliphatic imine (C=N–C) groups is 1. The Morgan fingerprint density at radius 3 is 2.55 bits per heavy atom. The minimum atomic E-state index is 0. The monoisotopic (exact) mass is 569 g/mol. The van der Waals surface area contributed by atoms with Crippen molar-refractivity contribution in [2.45, 2.75) is 26.8 Å². The van der Waals surface area contributed by atoms with Crippen molar-refractivity contribution in [2.75, 3.05) is 37.6 Å². The summed E-state index contributed by atoms with van der Waals surface area (Å²) in [7, 11) is 0. The van der Waals surface area contributed by atoms with Gasteiger partial charge in [-0.15, -0.1) is 35.3 Å². The Hall–Kier alpha value is -1.79. The van der Waals surface area contributed by atoms with Gasteiger partial charge in [-0.1, -0.05) is 37.3 Å². The quantitative estimate of drug-likeness (QED) is 0.274. The maximum absolute atomic E-state index is 4.86.